The lowest BCUT2D eigenvalue weighted by atomic mass is 10.1. The number of hydrogen-bond acceptors (Lipinski definition) is 6. The van der Waals surface area contributed by atoms with Gasteiger partial charge in [0.15, 0.2) is 11.5 Å². The molecule has 0 unspecified atom stereocenters. The Bertz CT molecular complexity index is 813. The van der Waals surface area contributed by atoms with E-state index in [9.17, 15) is 5.11 Å². The summed E-state index contributed by atoms with van der Waals surface area (Å²) in [5.74, 6) is 2.50. The maximum atomic E-state index is 10.4. The third-order valence-electron chi connectivity index (χ3n) is 5.41. The van der Waals surface area contributed by atoms with E-state index in [1.807, 2.05) is 18.2 Å². The van der Waals surface area contributed by atoms with Gasteiger partial charge >= 0.3 is 0 Å². The summed E-state index contributed by atoms with van der Waals surface area (Å²) < 4.78 is 16.6. The van der Waals surface area contributed by atoms with Gasteiger partial charge in [-0.25, -0.2) is 0 Å². The molecule has 2 aliphatic heterocycles. The van der Waals surface area contributed by atoms with Gasteiger partial charge in [-0.1, -0.05) is 12.1 Å². The quantitative estimate of drug-likeness (QED) is 0.774. The van der Waals surface area contributed by atoms with Gasteiger partial charge in [-0.2, -0.15) is 0 Å². The molecule has 0 aromatic heterocycles. The second-order valence-electron chi connectivity index (χ2n) is 8.05. The average molecular weight is 399 g/mol. The van der Waals surface area contributed by atoms with Crippen molar-refractivity contribution in [3.05, 3.63) is 53.1 Å². The van der Waals surface area contributed by atoms with Crippen molar-refractivity contribution in [2.24, 2.45) is 0 Å². The highest BCUT2D eigenvalue weighted by Gasteiger charge is 2.21. The second kappa shape index (κ2) is 9.03. The molecule has 0 radical (unpaired) electrons. The topological polar surface area (TPSA) is 54.4 Å². The Morgan fingerprint density at radius 3 is 2.38 bits per heavy atom. The molecule has 1 saturated heterocycles. The first-order valence-corrected chi connectivity index (χ1v) is 10.3. The molecule has 6 nitrogen and oxygen atoms in total. The van der Waals surface area contributed by atoms with E-state index in [1.54, 1.807) is 0 Å². The van der Waals surface area contributed by atoms with Crippen LogP contribution in [0.5, 0.6) is 17.2 Å². The van der Waals surface area contributed by atoms with Crippen LogP contribution in [-0.4, -0.2) is 67.1 Å². The van der Waals surface area contributed by atoms with E-state index < -0.39 is 6.10 Å². The number of piperazine rings is 1. The van der Waals surface area contributed by atoms with Crippen molar-refractivity contribution >= 4 is 0 Å². The van der Waals surface area contributed by atoms with E-state index in [1.165, 1.54) is 16.7 Å². The van der Waals surface area contributed by atoms with Gasteiger partial charge in [-0.05, 0) is 54.8 Å². The molecule has 1 fully saturated rings. The van der Waals surface area contributed by atoms with Crippen molar-refractivity contribution in [1.29, 1.82) is 0 Å². The molecule has 0 spiro atoms. The van der Waals surface area contributed by atoms with Crippen molar-refractivity contribution in [2.75, 3.05) is 46.1 Å². The molecule has 156 valence electrons. The second-order valence-corrected chi connectivity index (χ2v) is 8.05. The molecule has 0 amide bonds. The predicted molar refractivity (Wildman–Crippen MR) is 112 cm³/mol. The summed E-state index contributed by atoms with van der Waals surface area (Å²) in [4.78, 5) is 4.75. The number of aliphatic hydroxyl groups excluding tert-OH is 1. The lowest BCUT2D eigenvalue weighted by molar-refractivity contribution is 0.0446. The summed E-state index contributed by atoms with van der Waals surface area (Å²) in [6.07, 6.45) is -0.490. The van der Waals surface area contributed by atoms with Gasteiger partial charge in [0.05, 0.1) is 0 Å². The largest absolute Gasteiger partial charge is 0.491 e. The SMILES string of the molecule is Cc1cc(C)cc(OC[C@H](O)CN2CCN(Cc3ccc4c(c3)OCO4)CC2)c1. The van der Waals surface area contributed by atoms with Gasteiger partial charge in [0.1, 0.15) is 18.5 Å². The molecule has 0 bridgehead atoms. The minimum atomic E-state index is -0.490. The molecule has 2 aromatic carbocycles. The van der Waals surface area contributed by atoms with E-state index in [4.69, 9.17) is 14.2 Å². The van der Waals surface area contributed by atoms with E-state index >= 15 is 0 Å². The summed E-state index contributed by atoms with van der Waals surface area (Å²) in [7, 11) is 0. The number of aliphatic hydroxyl groups is 1. The smallest absolute Gasteiger partial charge is 0.231 e. The van der Waals surface area contributed by atoms with Crippen LogP contribution in [0.3, 0.4) is 0 Å². The van der Waals surface area contributed by atoms with Crippen LogP contribution in [0.4, 0.5) is 0 Å². The molecule has 2 aromatic rings. The van der Waals surface area contributed by atoms with Crippen LogP contribution in [0.25, 0.3) is 0 Å². The number of ether oxygens (including phenoxy) is 3. The van der Waals surface area contributed by atoms with Crippen molar-refractivity contribution in [3.63, 3.8) is 0 Å². The zero-order valence-electron chi connectivity index (χ0n) is 17.3. The number of rotatable bonds is 7. The molecule has 0 aliphatic carbocycles. The summed E-state index contributed by atoms with van der Waals surface area (Å²) in [6, 6.07) is 12.3. The zero-order chi connectivity index (χ0) is 20.2. The fraction of sp³-hybridized carbons (Fsp3) is 0.478. The van der Waals surface area contributed by atoms with E-state index in [2.05, 4.69) is 41.8 Å². The Kier molecular flexibility index (Phi) is 6.23. The maximum Gasteiger partial charge on any atom is 0.231 e. The van der Waals surface area contributed by atoms with Gasteiger partial charge in [-0.15, -0.1) is 0 Å². The zero-order valence-corrected chi connectivity index (χ0v) is 17.3. The van der Waals surface area contributed by atoms with Crippen molar-refractivity contribution in [1.82, 2.24) is 9.80 Å². The number of β-amino-alcohol motifs (C(OH)–C–C–N with tert-alkyl or cyclic N) is 1. The molecule has 2 aliphatic rings. The molecule has 29 heavy (non-hydrogen) atoms. The number of benzene rings is 2. The normalized spacial score (nSPS) is 18.0. The fourth-order valence-corrected chi connectivity index (χ4v) is 3.99. The number of hydrogen-bond donors (Lipinski definition) is 1. The van der Waals surface area contributed by atoms with Crippen LogP contribution in [0.15, 0.2) is 36.4 Å². The highest BCUT2D eigenvalue weighted by Crippen LogP contribution is 2.32. The number of nitrogens with zero attached hydrogens (tertiary/aromatic N) is 2. The van der Waals surface area contributed by atoms with Crippen LogP contribution in [0.2, 0.25) is 0 Å². The molecule has 1 N–H and O–H groups in total. The minimum Gasteiger partial charge on any atom is -0.491 e. The average Bonchev–Trinajstić information content (AvgIpc) is 3.15. The number of aryl methyl sites for hydroxylation is 2. The summed E-state index contributed by atoms with van der Waals surface area (Å²) in [5, 5.41) is 10.4. The van der Waals surface area contributed by atoms with Crippen molar-refractivity contribution in [3.8, 4) is 17.2 Å². The first kappa shape index (κ1) is 20.0. The van der Waals surface area contributed by atoms with E-state index in [0.717, 1.165) is 50.0 Å². The summed E-state index contributed by atoms with van der Waals surface area (Å²) in [5.41, 5.74) is 3.59. The Labute approximate surface area is 172 Å². The lowest BCUT2D eigenvalue weighted by Crippen LogP contribution is -2.48. The standard InChI is InChI=1S/C23H30N2O4/c1-17-9-18(2)11-21(10-17)27-15-20(26)14-25-7-5-24(6-8-25)13-19-3-4-22-23(12-19)29-16-28-22/h3-4,9-12,20,26H,5-8,13-16H2,1-2H3/t20-/m1/s1. The summed E-state index contributed by atoms with van der Waals surface area (Å²) >= 11 is 0. The molecule has 0 saturated carbocycles. The Hall–Kier alpha value is -2.28. The van der Waals surface area contributed by atoms with Crippen molar-refractivity contribution < 1.29 is 19.3 Å². The van der Waals surface area contributed by atoms with Crippen LogP contribution in [0.1, 0.15) is 16.7 Å². The third-order valence-corrected chi connectivity index (χ3v) is 5.41. The van der Waals surface area contributed by atoms with Crippen LogP contribution >= 0.6 is 0 Å². The first-order valence-electron chi connectivity index (χ1n) is 10.3. The van der Waals surface area contributed by atoms with Gasteiger partial charge in [0.2, 0.25) is 6.79 Å². The molecular formula is C23H30N2O4. The van der Waals surface area contributed by atoms with Crippen LogP contribution in [-0.2, 0) is 6.54 Å². The molecule has 2 heterocycles. The molecule has 4 rings (SSSR count). The predicted octanol–water partition coefficient (Wildman–Crippen LogP) is 2.59. The number of fused-ring (bicyclic) bond motifs is 1. The molecule has 6 heteroatoms. The van der Waals surface area contributed by atoms with Gasteiger partial charge < -0.3 is 19.3 Å². The highest BCUT2D eigenvalue weighted by atomic mass is 16.7. The summed E-state index contributed by atoms with van der Waals surface area (Å²) in [6.45, 7) is 10.2. The van der Waals surface area contributed by atoms with Gasteiger partial charge in [0.25, 0.3) is 0 Å². The fourth-order valence-electron chi connectivity index (χ4n) is 3.99. The first-order chi connectivity index (χ1) is 14.0. The lowest BCUT2D eigenvalue weighted by Gasteiger charge is -2.35. The maximum absolute atomic E-state index is 10.4. The van der Waals surface area contributed by atoms with Gasteiger partial charge in [-0.3, -0.25) is 9.80 Å². The minimum absolute atomic E-state index is 0.312. The highest BCUT2D eigenvalue weighted by molar-refractivity contribution is 5.44. The van der Waals surface area contributed by atoms with E-state index in [-0.39, 0.29) is 0 Å². The van der Waals surface area contributed by atoms with E-state index in [0.29, 0.717) is 19.9 Å². The third kappa shape index (κ3) is 5.41. The monoisotopic (exact) mass is 398 g/mol. The van der Waals surface area contributed by atoms with Gasteiger partial charge in [0, 0.05) is 39.3 Å². The Morgan fingerprint density at radius 1 is 0.931 bits per heavy atom. The van der Waals surface area contributed by atoms with Crippen molar-refractivity contribution in [2.45, 2.75) is 26.5 Å². The Balaban J connectivity index is 1.19. The molecular weight excluding hydrogens is 368 g/mol. The van der Waals surface area contributed by atoms with Crippen LogP contribution < -0.4 is 14.2 Å². The Morgan fingerprint density at radius 2 is 1.62 bits per heavy atom. The molecule has 1 atom stereocenters. The van der Waals surface area contributed by atoms with Crippen LogP contribution in [0, 0.1) is 13.8 Å².